The fourth-order valence-corrected chi connectivity index (χ4v) is 1.28. The molecule has 1 aliphatic heterocycles. The zero-order chi connectivity index (χ0) is 8.53. The van der Waals surface area contributed by atoms with Gasteiger partial charge in [-0.3, -0.25) is 4.57 Å². The second-order valence-corrected chi connectivity index (χ2v) is 2.81. The normalized spacial score (nSPS) is 19.8. The van der Waals surface area contributed by atoms with Gasteiger partial charge >= 0.3 is 0 Å². The van der Waals surface area contributed by atoms with Gasteiger partial charge in [0.15, 0.2) is 8.69 Å². The standard InChI is InChI=1S/C7H15N.H3O2P/c1-2-8-6-4-3-5-7-8;1-3-2/h2-7H2,1H3;3H2,(H,1,2). The van der Waals surface area contributed by atoms with Crippen molar-refractivity contribution in [3.63, 3.8) is 0 Å². The first kappa shape index (κ1) is 11.2. The van der Waals surface area contributed by atoms with Crippen LogP contribution in [0.25, 0.3) is 0 Å². The van der Waals surface area contributed by atoms with Crippen molar-refractivity contribution in [2.45, 2.75) is 26.2 Å². The van der Waals surface area contributed by atoms with Gasteiger partial charge in [0.25, 0.3) is 0 Å². The number of hydrogen-bond donors (Lipinski definition) is 1. The molecule has 0 aromatic heterocycles. The van der Waals surface area contributed by atoms with Crippen LogP contribution >= 0.6 is 8.69 Å². The predicted molar refractivity (Wildman–Crippen MR) is 48.6 cm³/mol. The average Bonchev–Trinajstić information content (AvgIpc) is 2.08. The number of nitrogens with zero attached hydrogens (tertiary/aromatic N) is 1. The summed E-state index contributed by atoms with van der Waals surface area (Å²) in [7, 11) is -1.50. The van der Waals surface area contributed by atoms with E-state index in [9.17, 15) is 0 Å². The number of piperidine rings is 1. The average molecular weight is 179 g/mol. The summed E-state index contributed by atoms with van der Waals surface area (Å²) >= 11 is 0. The van der Waals surface area contributed by atoms with Crippen LogP contribution in [0.2, 0.25) is 0 Å². The smallest absolute Gasteiger partial charge is 0.177 e. The lowest BCUT2D eigenvalue weighted by Gasteiger charge is -2.24. The van der Waals surface area contributed by atoms with Crippen LogP contribution in [0, 0.1) is 0 Å². The van der Waals surface area contributed by atoms with E-state index in [0.29, 0.717) is 0 Å². The number of hydrogen-bond acceptors (Lipinski definition) is 2. The molecule has 1 rings (SSSR count). The molecule has 0 aromatic rings. The summed E-state index contributed by atoms with van der Waals surface area (Å²) in [5.41, 5.74) is 0. The predicted octanol–water partition coefficient (Wildman–Crippen LogP) is 1.14. The monoisotopic (exact) mass is 179 g/mol. The van der Waals surface area contributed by atoms with Crippen molar-refractivity contribution in [2.75, 3.05) is 19.6 Å². The third-order valence-corrected chi connectivity index (χ3v) is 1.90. The fourth-order valence-electron chi connectivity index (χ4n) is 1.28. The van der Waals surface area contributed by atoms with Crippen LogP contribution < -0.4 is 0 Å². The third kappa shape index (κ3) is 6.54. The van der Waals surface area contributed by atoms with Gasteiger partial charge < -0.3 is 9.79 Å². The maximum atomic E-state index is 8.57. The van der Waals surface area contributed by atoms with E-state index in [4.69, 9.17) is 9.46 Å². The topological polar surface area (TPSA) is 40.5 Å². The zero-order valence-electron chi connectivity index (χ0n) is 7.12. The lowest BCUT2D eigenvalue weighted by atomic mass is 10.1. The first-order valence-electron chi connectivity index (χ1n) is 4.15. The molecule has 1 heterocycles. The van der Waals surface area contributed by atoms with Gasteiger partial charge in [-0.05, 0) is 32.5 Å². The van der Waals surface area contributed by atoms with Crippen LogP contribution in [-0.4, -0.2) is 29.4 Å². The summed E-state index contributed by atoms with van der Waals surface area (Å²) in [6, 6.07) is 0. The molecule has 0 saturated carbocycles. The second-order valence-electron chi connectivity index (χ2n) is 2.60. The van der Waals surface area contributed by atoms with Gasteiger partial charge in [0, 0.05) is 0 Å². The molecule has 0 spiro atoms. The van der Waals surface area contributed by atoms with Crippen molar-refractivity contribution < 1.29 is 9.46 Å². The van der Waals surface area contributed by atoms with Crippen molar-refractivity contribution in [2.24, 2.45) is 0 Å². The van der Waals surface area contributed by atoms with Crippen LogP contribution in [0.4, 0.5) is 0 Å². The van der Waals surface area contributed by atoms with E-state index in [-0.39, 0.29) is 0 Å². The van der Waals surface area contributed by atoms with Crippen LogP contribution in [0.15, 0.2) is 0 Å². The SMILES string of the molecule is CCN1CCCCC1.O=[PH2]O. The summed E-state index contributed by atoms with van der Waals surface area (Å²) < 4.78 is 8.57. The Hall–Kier alpha value is 0.150. The molecule has 11 heavy (non-hydrogen) atoms. The molecule has 68 valence electrons. The Labute approximate surface area is 69.7 Å². The Bertz CT molecular complexity index is 94.4. The van der Waals surface area contributed by atoms with E-state index >= 15 is 0 Å². The summed E-state index contributed by atoms with van der Waals surface area (Å²) in [4.78, 5) is 9.61. The van der Waals surface area contributed by atoms with Crippen LogP contribution in [0.1, 0.15) is 26.2 Å². The molecule has 0 radical (unpaired) electrons. The highest BCUT2D eigenvalue weighted by Crippen LogP contribution is 2.06. The fraction of sp³-hybridized carbons (Fsp3) is 1.00. The maximum Gasteiger partial charge on any atom is 0.177 e. The molecule has 0 bridgehead atoms. The molecule has 3 nitrogen and oxygen atoms in total. The molecule has 0 aromatic carbocycles. The quantitative estimate of drug-likeness (QED) is 0.614. The molecule has 1 unspecified atom stereocenters. The van der Waals surface area contributed by atoms with Gasteiger partial charge in [-0.25, -0.2) is 0 Å². The molecule has 0 amide bonds. The summed E-state index contributed by atoms with van der Waals surface area (Å²) in [5, 5.41) is 0. The number of rotatable bonds is 1. The Morgan fingerprint density at radius 2 is 1.82 bits per heavy atom. The van der Waals surface area contributed by atoms with Gasteiger partial charge in [0.1, 0.15) is 0 Å². The molecular formula is C7H18NO2P. The highest BCUT2D eigenvalue weighted by molar-refractivity contribution is 7.16. The molecule has 1 N–H and O–H groups in total. The van der Waals surface area contributed by atoms with E-state index in [2.05, 4.69) is 11.8 Å². The van der Waals surface area contributed by atoms with E-state index in [1.807, 2.05) is 0 Å². The van der Waals surface area contributed by atoms with Gasteiger partial charge in [-0.1, -0.05) is 13.3 Å². The highest BCUT2D eigenvalue weighted by atomic mass is 31.1. The van der Waals surface area contributed by atoms with E-state index in [0.717, 1.165) is 0 Å². The molecule has 0 aliphatic carbocycles. The minimum absolute atomic E-state index is 1.25. The van der Waals surface area contributed by atoms with Crippen LogP contribution in [-0.2, 0) is 4.57 Å². The molecule has 1 saturated heterocycles. The highest BCUT2D eigenvalue weighted by Gasteiger charge is 2.05. The van der Waals surface area contributed by atoms with Crippen molar-refractivity contribution in [3.05, 3.63) is 0 Å². The van der Waals surface area contributed by atoms with Gasteiger partial charge in [-0.2, -0.15) is 0 Å². The first-order valence-corrected chi connectivity index (χ1v) is 5.14. The second kappa shape index (κ2) is 8.25. The van der Waals surface area contributed by atoms with E-state index < -0.39 is 8.69 Å². The molecule has 1 atom stereocenters. The van der Waals surface area contributed by atoms with Crippen molar-refractivity contribution >= 4 is 8.69 Å². The van der Waals surface area contributed by atoms with Gasteiger partial charge in [0.05, 0.1) is 0 Å². The van der Waals surface area contributed by atoms with Gasteiger partial charge in [0.2, 0.25) is 0 Å². The minimum Gasteiger partial charge on any atom is -0.348 e. The van der Waals surface area contributed by atoms with E-state index in [1.165, 1.54) is 38.9 Å². The van der Waals surface area contributed by atoms with Crippen LogP contribution in [0.3, 0.4) is 0 Å². The summed E-state index contributed by atoms with van der Waals surface area (Å²) in [5.74, 6) is 0. The van der Waals surface area contributed by atoms with E-state index in [1.54, 1.807) is 0 Å². The zero-order valence-corrected chi connectivity index (χ0v) is 8.28. The lowest BCUT2D eigenvalue weighted by Crippen LogP contribution is -2.29. The molecule has 4 heteroatoms. The lowest BCUT2D eigenvalue weighted by molar-refractivity contribution is 0.240. The Morgan fingerprint density at radius 1 is 1.36 bits per heavy atom. The molecular weight excluding hydrogens is 161 g/mol. The number of likely N-dealkylation sites (tertiary alicyclic amines) is 1. The third-order valence-electron chi connectivity index (χ3n) is 1.90. The molecule has 1 fully saturated rings. The Morgan fingerprint density at radius 3 is 2.09 bits per heavy atom. The van der Waals surface area contributed by atoms with Crippen molar-refractivity contribution in [1.29, 1.82) is 0 Å². The summed E-state index contributed by atoms with van der Waals surface area (Å²) in [6.45, 7) is 6.18. The summed E-state index contributed by atoms with van der Waals surface area (Å²) in [6.07, 6.45) is 4.30. The van der Waals surface area contributed by atoms with Gasteiger partial charge in [-0.15, -0.1) is 0 Å². The minimum atomic E-state index is -1.50. The van der Waals surface area contributed by atoms with Crippen molar-refractivity contribution in [3.8, 4) is 0 Å². The first-order chi connectivity index (χ1) is 5.35. The Balaban J connectivity index is 0.000000292. The Kier molecular flexibility index (Phi) is 8.36. The maximum absolute atomic E-state index is 8.57. The molecule has 1 aliphatic rings. The van der Waals surface area contributed by atoms with Crippen molar-refractivity contribution in [1.82, 2.24) is 4.90 Å². The largest absolute Gasteiger partial charge is 0.348 e. The van der Waals surface area contributed by atoms with Crippen LogP contribution in [0.5, 0.6) is 0 Å².